The maximum absolute atomic E-state index is 11.8. The molecule has 3 aromatic rings. The number of rotatable bonds is 4. The van der Waals surface area contributed by atoms with Crippen molar-refractivity contribution >= 4 is 39.3 Å². The molecule has 0 bridgehead atoms. The maximum atomic E-state index is 11.8. The Morgan fingerprint density at radius 1 is 1.48 bits per heavy atom. The van der Waals surface area contributed by atoms with Gasteiger partial charge in [-0.25, -0.2) is 25.7 Å². The van der Waals surface area contributed by atoms with Gasteiger partial charge in [0.25, 0.3) is 0 Å². The van der Waals surface area contributed by atoms with E-state index in [-0.39, 0.29) is 11.7 Å². The van der Waals surface area contributed by atoms with E-state index in [1.54, 1.807) is 4.57 Å². The molecule has 10 heteroatoms. The lowest BCUT2D eigenvalue weighted by atomic mass is 10.4. The summed E-state index contributed by atoms with van der Waals surface area (Å²) in [5, 5.41) is 10.6. The van der Waals surface area contributed by atoms with Gasteiger partial charge < -0.3 is 0 Å². The number of nitrogens with two attached hydrogens (primary N) is 1. The quantitative estimate of drug-likeness (QED) is 0.379. The van der Waals surface area contributed by atoms with Crippen molar-refractivity contribution in [2.45, 2.75) is 30.1 Å². The van der Waals surface area contributed by atoms with E-state index >= 15 is 0 Å². The molecule has 8 nitrogen and oxygen atoms in total. The number of fused-ring (bicyclic) bond motifs is 1. The zero-order valence-corrected chi connectivity index (χ0v) is 13.0. The maximum Gasteiger partial charge on any atom is 0.344 e. The molecule has 0 fully saturated rings. The third-order valence-corrected chi connectivity index (χ3v) is 4.58. The highest BCUT2D eigenvalue weighted by Crippen LogP contribution is 2.33. The first-order chi connectivity index (χ1) is 10.1. The standard InChI is InChI=1S/C11H13N7OS2/c1-5(2)18-10(19)16-17-11(18)21-8-6-3-4-20-7(6)13-9(14-8)15-12/h3-5H,12H2,1-2H3,(H,16,19)(H,13,14,15). The normalized spacial score (nSPS) is 11.4. The fourth-order valence-corrected chi connectivity index (χ4v) is 3.77. The smallest absolute Gasteiger partial charge is 0.292 e. The molecular weight excluding hydrogens is 310 g/mol. The average molecular weight is 323 g/mol. The summed E-state index contributed by atoms with van der Waals surface area (Å²) < 4.78 is 1.58. The molecule has 0 unspecified atom stereocenters. The van der Waals surface area contributed by atoms with E-state index in [9.17, 15) is 4.79 Å². The molecule has 110 valence electrons. The van der Waals surface area contributed by atoms with E-state index < -0.39 is 0 Å². The van der Waals surface area contributed by atoms with Crippen LogP contribution in [-0.2, 0) is 0 Å². The van der Waals surface area contributed by atoms with Crippen LogP contribution in [0, 0.1) is 0 Å². The fraction of sp³-hybridized carbons (Fsp3) is 0.273. The summed E-state index contributed by atoms with van der Waals surface area (Å²) in [6.45, 7) is 3.85. The van der Waals surface area contributed by atoms with Crippen LogP contribution in [0.2, 0.25) is 0 Å². The second-order valence-corrected chi connectivity index (χ2v) is 6.36. The van der Waals surface area contributed by atoms with E-state index in [1.165, 1.54) is 23.1 Å². The van der Waals surface area contributed by atoms with E-state index in [1.807, 2.05) is 25.3 Å². The van der Waals surface area contributed by atoms with Crippen LogP contribution in [0.25, 0.3) is 10.2 Å². The third-order valence-electron chi connectivity index (χ3n) is 2.80. The van der Waals surface area contributed by atoms with Crippen LogP contribution in [0.1, 0.15) is 19.9 Å². The van der Waals surface area contributed by atoms with Crippen molar-refractivity contribution in [1.29, 1.82) is 0 Å². The monoisotopic (exact) mass is 323 g/mol. The van der Waals surface area contributed by atoms with Crippen LogP contribution in [0.5, 0.6) is 0 Å². The Kier molecular flexibility index (Phi) is 3.66. The molecule has 3 rings (SSSR count). The van der Waals surface area contributed by atoms with Crippen LogP contribution >= 0.6 is 23.1 Å². The summed E-state index contributed by atoms with van der Waals surface area (Å²) in [7, 11) is 0. The number of anilines is 1. The number of hydrogen-bond donors (Lipinski definition) is 3. The minimum atomic E-state index is -0.236. The predicted octanol–water partition coefficient (Wildman–Crippen LogP) is 1.59. The molecule has 0 aliphatic heterocycles. The van der Waals surface area contributed by atoms with Gasteiger partial charge in [-0.05, 0) is 37.1 Å². The number of nitrogens with one attached hydrogen (secondary N) is 2. The zero-order chi connectivity index (χ0) is 15.0. The number of hydrogen-bond acceptors (Lipinski definition) is 8. The fourth-order valence-electron chi connectivity index (χ4n) is 1.87. The number of nitrogens with zero attached hydrogens (tertiary/aromatic N) is 4. The largest absolute Gasteiger partial charge is 0.344 e. The Morgan fingerprint density at radius 3 is 3.00 bits per heavy atom. The molecule has 0 radical (unpaired) electrons. The molecular formula is C11H13N7OS2. The predicted molar refractivity (Wildman–Crippen MR) is 82.6 cm³/mol. The minimum Gasteiger partial charge on any atom is -0.292 e. The summed E-state index contributed by atoms with van der Waals surface area (Å²) in [4.78, 5) is 21.2. The number of hydrazine groups is 1. The molecule has 3 heterocycles. The summed E-state index contributed by atoms with van der Waals surface area (Å²) >= 11 is 2.81. The summed E-state index contributed by atoms with van der Waals surface area (Å²) in [5.74, 6) is 5.73. The van der Waals surface area contributed by atoms with Gasteiger partial charge in [0.15, 0.2) is 5.16 Å². The first-order valence-electron chi connectivity index (χ1n) is 6.16. The lowest BCUT2D eigenvalue weighted by Gasteiger charge is -2.09. The van der Waals surface area contributed by atoms with Gasteiger partial charge in [0.1, 0.15) is 9.86 Å². The Hall–Kier alpha value is -1.91. The molecule has 3 aromatic heterocycles. The van der Waals surface area contributed by atoms with Crippen LogP contribution in [0.4, 0.5) is 5.95 Å². The molecule has 0 atom stereocenters. The first kappa shape index (κ1) is 14.0. The summed E-state index contributed by atoms with van der Waals surface area (Å²) in [5.41, 5.74) is 2.22. The van der Waals surface area contributed by atoms with Crippen molar-refractivity contribution in [3.8, 4) is 0 Å². The van der Waals surface area contributed by atoms with Crippen molar-refractivity contribution < 1.29 is 0 Å². The summed E-state index contributed by atoms with van der Waals surface area (Å²) in [6, 6.07) is 1.94. The molecule has 0 amide bonds. The highest BCUT2D eigenvalue weighted by atomic mass is 32.2. The lowest BCUT2D eigenvalue weighted by Crippen LogP contribution is -2.19. The lowest BCUT2D eigenvalue weighted by molar-refractivity contribution is 0.534. The number of aromatic amines is 1. The van der Waals surface area contributed by atoms with Crippen LogP contribution in [0.15, 0.2) is 26.4 Å². The molecule has 0 aliphatic carbocycles. The SMILES string of the molecule is CC(C)n1c(Sc2nc(NN)nc3sccc23)n[nH]c1=O. The molecule has 0 spiro atoms. The highest BCUT2D eigenvalue weighted by Gasteiger charge is 2.16. The van der Waals surface area contributed by atoms with Crippen LogP contribution < -0.4 is 17.0 Å². The van der Waals surface area contributed by atoms with Crippen molar-refractivity contribution in [3.05, 3.63) is 21.9 Å². The molecule has 0 aliphatic rings. The Bertz CT molecular complexity index is 835. The van der Waals surface area contributed by atoms with Gasteiger partial charge in [0, 0.05) is 11.4 Å². The van der Waals surface area contributed by atoms with Crippen LogP contribution in [-0.4, -0.2) is 24.7 Å². The second-order valence-electron chi connectivity index (χ2n) is 4.51. The number of aromatic nitrogens is 5. The van der Waals surface area contributed by atoms with E-state index in [0.29, 0.717) is 16.1 Å². The van der Waals surface area contributed by atoms with Crippen molar-refractivity contribution in [1.82, 2.24) is 24.7 Å². The Labute approximate surface area is 127 Å². The summed E-state index contributed by atoms with van der Waals surface area (Å²) in [6.07, 6.45) is 0. The van der Waals surface area contributed by atoms with E-state index in [0.717, 1.165) is 10.2 Å². The van der Waals surface area contributed by atoms with Gasteiger partial charge in [-0.1, -0.05) is 0 Å². The third kappa shape index (κ3) is 2.52. The average Bonchev–Trinajstić information content (AvgIpc) is 3.05. The molecule has 0 aromatic carbocycles. The molecule has 0 saturated heterocycles. The molecule has 0 saturated carbocycles. The van der Waals surface area contributed by atoms with Gasteiger partial charge in [-0.2, -0.15) is 0 Å². The zero-order valence-electron chi connectivity index (χ0n) is 11.3. The highest BCUT2D eigenvalue weighted by molar-refractivity contribution is 7.99. The minimum absolute atomic E-state index is 0.00524. The molecule has 21 heavy (non-hydrogen) atoms. The van der Waals surface area contributed by atoms with Crippen molar-refractivity contribution in [2.75, 3.05) is 5.43 Å². The van der Waals surface area contributed by atoms with Gasteiger partial charge in [0.05, 0.1) is 0 Å². The molecule has 4 N–H and O–H groups in total. The van der Waals surface area contributed by atoms with E-state index in [2.05, 4.69) is 25.6 Å². The van der Waals surface area contributed by atoms with Gasteiger partial charge in [-0.3, -0.25) is 9.99 Å². The Morgan fingerprint density at radius 2 is 2.29 bits per heavy atom. The van der Waals surface area contributed by atoms with Crippen molar-refractivity contribution in [2.24, 2.45) is 5.84 Å². The van der Waals surface area contributed by atoms with E-state index in [4.69, 9.17) is 5.84 Å². The van der Waals surface area contributed by atoms with Gasteiger partial charge in [-0.15, -0.1) is 16.4 Å². The second kappa shape index (κ2) is 5.47. The van der Waals surface area contributed by atoms with Crippen LogP contribution in [0.3, 0.4) is 0 Å². The van der Waals surface area contributed by atoms with Crippen molar-refractivity contribution in [3.63, 3.8) is 0 Å². The topological polar surface area (TPSA) is 115 Å². The first-order valence-corrected chi connectivity index (χ1v) is 7.86. The number of nitrogen functional groups attached to an aromatic ring is 1. The Balaban J connectivity index is 2.10. The van der Waals surface area contributed by atoms with Gasteiger partial charge in [0.2, 0.25) is 5.95 Å². The number of H-pyrrole nitrogens is 1. The van der Waals surface area contributed by atoms with Gasteiger partial charge >= 0.3 is 5.69 Å². The number of thiophene rings is 1.